The van der Waals surface area contributed by atoms with Crippen LogP contribution in [0, 0.1) is 6.92 Å². The lowest BCUT2D eigenvalue weighted by Gasteiger charge is -2.18. The third-order valence-corrected chi connectivity index (χ3v) is 4.65. The Bertz CT molecular complexity index is 979. The summed E-state index contributed by atoms with van der Waals surface area (Å²) in [5.74, 6) is 0.223. The Balaban J connectivity index is 1.55. The molecule has 1 saturated heterocycles. The van der Waals surface area contributed by atoms with E-state index in [2.05, 4.69) is 4.98 Å². The first-order valence-electron chi connectivity index (χ1n) is 8.75. The maximum Gasteiger partial charge on any atom is 0.332 e. The van der Waals surface area contributed by atoms with Gasteiger partial charge < -0.3 is 4.42 Å². The van der Waals surface area contributed by atoms with Gasteiger partial charge in [0.25, 0.3) is 5.91 Å². The van der Waals surface area contributed by atoms with Crippen LogP contribution in [0.4, 0.5) is 10.5 Å². The summed E-state index contributed by atoms with van der Waals surface area (Å²) in [6.07, 6.45) is 1.49. The molecular formula is C21H19N3O3. The number of rotatable bonds is 4. The van der Waals surface area contributed by atoms with Gasteiger partial charge in [-0.05, 0) is 38.1 Å². The fraction of sp³-hybridized carbons (Fsp3) is 0.190. The van der Waals surface area contributed by atoms with Crippen LogP contribution in [0.1, 0.15) is 18.2 Å². The summed E-state index contributed by atoms with van der Waals surface area (Å²) >= 11 is 0. The van der Waals surface area contributed by atoms with Crippen molar-refractivity contribution in [1.29, 1.82) is 0 Å². The molecule has 0 N–H and O–H groups in total. The number of carbonyl (C=O) groups excluding carboxylic acids is 2. The van der Waals surface area contributed by atoms with Crippen LogP contribution < -0.4 is 4.90 Å². The van der Waals surface area contributed by atoms with Crippen LogP contribution in [-0.4, -0.2) is 27.9 Å². The summed E-state index contributed by atoms with van der Waals surface area (Å²) in [5.41, 5.74) is 3.24. The number of hydrogen-bond acceptors (Lipinski definition) is 4. The van der Waals surface area contributed by atoms with Crippen molar-refractivity contribution in [2.45, 2.75) is 26.4 Å². The fourth-order valence-electron chi connectivity index (χ4n) is 3.16. The number of carbonyl (C=O) groups is 2. The first-order valence-corrected chi connectivity index (χ1v) is 8.75. The molecule has 0 aliphatic carbocycles. The smallest absolute Gasteiger partial charge is 0.332 e. The number of aromatic nitrogens is 1. The van der Waals surface area contributed by atoms with Gasteiger partial charge in [0, 0.05) is 11.3 Å². The second-order valence-corrected chi connectivity index (χ2v) is 6.60. The normalized spacial score (nSPS) is 17.0. The van der Waals surface area contributed by atoms with Crippen molar-refractivity contribution in [2.24, 2.45) is 0 Å². The van der Waals surface area contributed by atoms with E-state index < -0.39 is 6.04 Å². The van der Waals surface area contributed by atoms with Crippen LogP contribution in [0.25, 0.3) is 11.5 Å². The molecule has 0 radical (unpaired) electrons. The predicted octanol–water partition coefficient (Wildman–Crippen LogP) is 4.01. The molecule has 27 heavy (non-hydrogen) atoms. The van der Waals surface area contributed by atoms with Crippen molar-refractivity contribution in [1.82, 2.24) is 9.88 Å². The van der Waals surface area contributed by atoms with Gasteiger partial charge in [0.1, 0.15) is 12.3 Å². The zero-order valence-corrected chi connectivity index (χ0v) is 15.1. The summed E-state index contributed by atoms with van der Waals surface area (Å²) < 4.78 is 5.54. The molecule has 4 rings (SSSR count). The van der Waals surface area contributed by atoms with Crippen molar-refractivity contribution in [3.8, 4) is 11.5 Å². The van der Waals surface area contributed by atoms with E-state index in [-0.39, 0.29) is 18.5 Å². The highest BCUT2D eigenvalue weighted by atomic mass is 16.3. The summed E-state index contributed by atoms with van der Waals surface area (Å²) in [6, 6.07) is 16.1. The Hall–Kier alpha value is -3.41. The van der Waals surface area contributed by atoms with Crippen molar-refractivity contribution in [2.75, 3.05) is 4.90 Å². The molecule has 0 bridgehead atoms. The van der Waals surface area contributed by atoms with Crippen molar-refractivity contribution in [3.05, 3.63) is 72.1 Å². The minimum Gasteiger partial charge on any atom is -0.444 e. The Kier molecular flexibility index (Phi) is 4.24. The first-order chi connectivity index (χ1) is 13.0. The number of nitrogens with zero attached hydrogens (tertiary/aromatic N) is 3. The Morgan fingerprint density at radius 1 is 1.04 bits per heavy atom. The molecule has 6 heteroatoms. The summed E-state index contributed by atoms with van der Waals surface area (Å²) in [6.45, 7) is 3.82. The molecule has 1 atom stereocenters. The third-order valence-electron chi connectivity index (χ3n) is 4.65. The van der Waals surface area contributed by atoms with Gasteiger partial charge in [-0.25, -0.2) is 9.78 Å². The van der Waals surface area contributed by atoms with E-state index in [0.717, 1.165) is 11.1 Å². The molecule has 1 aliphatic rings. The molecule has 1 unspecified atom stereocenters. The SMILES string of the molecule is Cc1ccc(-c2nc(CN3C(=O)C(C)N(c4ccccc4)C3=O)co2)cc1. The standard InChI is InChI=1S/C21H19N3O3/c1-14-8-10-16(11-9-14)19-22-17(13-27-19)12-23-20(25)15(2)24(21(23)26)18-6-4-3-5-7-18/h3-11,13,15H,12H2,1-2H3. The average molecular weight is 361 g/mol. The van der Waals surface area contributed by atoms with E-state index in [9.17, 15) is 9.59 Å². The first kappa shape index (κ1) is 17.0. The third kappa shape index (κ3) is 3.10. The molecule has 6 nitrogen and oxygen atoms in total. The van der Waals surface area contributed by atoms with Crippen LogP contribution in [0.5, 0.6) is 0 Å². The molecule has 1 aliphatic heterocycles. The van der Waals surface area contributed by atoms with E-state index in [1.807, 2.05) is 61.5 Å². The lowest BCUT2D eigenvalue weighted by molar-refractivity contribution is -0.127. The van der Waals surface area contributed by atoms with E-state index >= 15 is 0 Å². The number of amides is 3. The monoisotopic (exact) mass is 361 g/mol. The summed E-state index contributed by atoms with van der Waals surface area (Å²) in [5, 5.41) is 0. The van der Waals surface area contributed by atoms with Crippen LogP contribution in [-0.2, 0) is 11.3 Å². The fourth-order valence-corrected chi connectivity index (χ4v) is 3.16. The van der Waals surface area contributed by atoms with Gasteiger partial charge in [-0.3, -0.25) is 14.6 Å². The Morgan fingerprint density at radius 2 is 1.74 bits per heavy atom. The minimum atomic E-state index is -0.552. The lowest BCUT2D eigenvalue weighted by Crippen LogP contribution is -2.33. The van der Waals surface area contributed by atoms with Gasteiger partial charge in [-0.15, -0.1) is 0 Å². The topological polar surface area (TPSA) is 66.7 Å². The van der Waals surface area contributed by atoms with Crippen molar-refractivity contribution in [3.63, 3.8) is 0 Å². The van der Waals surface area contributed by atoms with Crippen molar-refractivity contribution >= 4 is 17.6 Å². The van der Waals surface area contributed by atoms with E-state index in [1.165, 1.54) is 16.1 Å². The highest BCUT2D eigenvalue weighted by Crippen LogP contribution is 2.27. The van der Waals surface area contributed by atoms with E-state index in [0.29, 0.717) is 17.3 Å². The lowest BCUT2D eigenvalue weighted by atomic mass is 10.1. The number of hydrogen-bond donors (Lipinski definition) is 0. The molecule has 3 amide bonds. The molecule has 2 aromatic carbocycles. The van der Waals surface area contributed by atoms with Gasteiger partial charge in [0.15, 0.2) is 0 Å². The predicted molar refractivity (Wildman–Crippen MR) is 101 cm³/mol. The molecule has 0 spiro atoms. The number of oxazole rings is 1. The van der Waals surface area contributed by atoms with Crippen LogP contribution in [0.2, 0.25) is 0 Å². The van der Waals surface area contributed by atoms with Gasteiger partial charge >= 0.3 is 6.03 Å². The highest BCUT2D eigenvalue weighted by Gasteiger charge is 2.43. The van der Waals surface area contributed by atoms with Crippen molar-refractivity contribution < 1.29 is 14.0 Å². The number of imide groups is 1. The zero-order valence-electron chi connectivity index (χ0n) is 15.1. The number of benzene rings is 2. The van der Waals surface area contributed by atoms with Gasteiger partial charge in [0.2, 0.25) is 5.89 Å². The van der Waals surface area contributed by atoms with Gasteiger partial charge in [-0.2, -0.15) is 0 Å². The van der Waals surface area contributed by atoms with E-state index in [1.54, 1.807) is 6.92 Å². The molecule has 1 fully saturated rings. The summed E-state index contributed by atoms with van der Waals surface area (Å²) in [7, 11) is 0. The van der Waals surface area contributed by atoms with Crippen LogP contribution in [0.3, 0.4) is 0 Å². The molecule has 136 valence electrons. The van der Waals surface area contributed by atoms with E-state index in [4.69, 9.17) is 4.42 Å². The molecule has 1 aromatic heterocycles. The number of para-hydroxylation sites is 1. The average Bonchev–Trinajstić information content (AvgIpc) is 3.22. The zero-order chi connectivity index (χ0) is 19.0. The number of aryl methyl sites for hydroxylation is 1. The largest absolute Gasteiger partial charge is 0.444 e. The van der Waals surface area contributed by atoms with Gasteiger partial charge in [-0.1, -0.05) is 35.9 Å². The molecule has 2 heterocycles. The highest BCUT2D eigenvalue weighted by molar-refractivity contribution is 6.13. The molecule has 0 saturated carbocycles. The maximum absolute atomic E-state index is 12.8. The number of urea groups is 1. The Labute approximate surface area is 157 Å². The molecular weight excluding hydrogens is 342 g/mol. The number of anilines is 1. The summed E-state index contributed by atoms with van der Waals surface area (Å²) in [4.78, 5) is 32.6. The molecule has 3 aromatic rings. The van der Waals surface area contributed by atoms with Gasteiger partial charge in [0.05, 0.1) is 12.2 Å². The van der Waals surface area contributed by atoms with Crippen LogP contribution in [0.15, 0.2) is 65.3 Å². The Morgan fingerprint density at radius 3 is 2.44 bits per heavy atom. The second kappa shape index (κ2) is 6.72. The second-order valence-electron chi connectivity index (χ2n) is 6.60. The minimum absolute atomic E-state index is 0.0840. The van der Waals surface area contributed by atoms with Crippen LogP contribution >= 0.6 is 0 Å². The maximum atomic E-state index is 12.8. The quantitative estimate of drug-likeness (QED) is 0.659.